The summed E-state index contributed by atoms with van der Waals surface area (Å²) in [7, 11) is -4.37. The summed E-state index contributed by atoms with van der Waals surface area (Å²) in [5.74, 6) is -2.65. The van der Waals surface area contributed by atoms with Crippen molar-refractivity contribution in [3.63, 3.8) is 0 Å². The monoisotopic (exact) mass is 509 g/mol. The van der Waals surface area contributed by atoms with E-state index in [-0.39, 0.29) is 10.2 Å². The first-order valence-corrected chi connectivity index (χ1v) is 13.1. The first kappa shape index (κ1) is 25.8. The maximum absolute atomic E-state index is 12.8. The van der Waals surface area contributed by atoms with Gasteiger partial charge >= 0.3 is 12.1 Å². The number of benzene rings is 1. The predicted octanol–water partition coefficient (Wildman–Crippen LogP) is 2.65. The van der Waals surface area contributed by atoms with Crippen molar-refractivity contribution in [2.75, 3.05) is 23.8 Å². The zero-order valence-corrected chi connectivity index (χ0v) is 20.3. The molecular formula is C20H26F3N3O5S2. The summed E-state index contributed by atoms with van der Waals surface area (Å²) in [6, 6.07) is 4.16. The number of nitrogens with zero attached hydrogens (tertiary/aromatic N) is 2. The number of piperidine rings is 1. The number of nitrogens with one attached hydrogen (secondary N) is 1. The lowest BCUT2D eigenvalue weighted by atomic mass is 9.75. The molecule has 1 N–H and O–H groups in total. The molecule has 1 spiro atoms. The fourth-order valence-corrected chi connectivity index (χ4v) is 5.36. The second kappa shape index (κ2) is 8.75. The van der Waals surface area contributed by atoms with Crippen molar-refractivity contribution in [2.24, 2.45) is 9.81 Å². The molecule has 0 radical (unpaired) electrons. The molecule has 13 heteroatoms. The highest BCUT2D eigenvalue weighted by atomic mass is 32.2. The zero-order chi connectivity index (χ0) is 24.8. The van der Waals surface area contributed by atoms with Gasteiger partial charge in [-0.15, -0.1) is 0 Å². The average Bonchev–Trinajstić information content (AvgIpc) is 2.95. The van der Waals surface area contributed by atoms with Crippen molar-refractivity contribution in [3.05, 3.63) is 29.3 Å². The zero-order valence-electron chi connectivity index (χ0n) is 18.7. The Hall–Kier alpha value is -1.83. The fourth-order valence-electron chi connectivity index (χ4n) is 3.93. The third kappa shape index (κ3) is 5.47. The van der Waals surface area contributed by atoms with Crippen LogP contribution >= 0.6 is 0 Å². The molecule has 0 saturated carbocycles. The fraction of sp³-hybridized carbons (Fsp3) is 0.600. The number of rotatable bonds is 4. The van der Waals surface area contributed by atoms with E-state index in [1.54, 1.807) is 20.8 Å². The number of sulfonamides is 1. The van der Waals surface area contributed by atoms with Crippen LogP contribution in [-0.2, 0) is 37.4 Å². The number of halogens is 3. The molecule has 1 fully saturated rings. The molecule has 33 heavy (non-hydrogen) atoms. The first-order chi connectivity index (χ1) is 15.0. The maximum atomic E-state index is 12.8. The molecule has 3 rings (SSSR count). The van der Waals surface area contributed by atoms with Crippen LogP contribution in [0.25, 0.3) is 0 Å². The van der Waals surface area contributed by atoms with Gasteiger partial charge in [0.15, 0.2) is 0 Å². The van der Waals surface area contributed by atoms with Gasteiger partial charge in [0.05, 0.1) is 11.9 Å². The van der Waals surface area contributed by atoms with E-state index in [4.69, 9.17) is 0 Å². The summed E-state index contributed by atoms with van der Waals surface area (Å²) in [6.45, 7) is 6.84. The second-order valence-corrected chi connectivity index (χ2v) is 12.9. The largest absolute Gasteiger partial charge is 0.591 e. The molecule has 0 bridgehead atoms. The first-order valence-electron chi connectivity index (χ1n) is 10.2. The quantitative estimate of drug-likeness (QED) is 0.494. The molecule has 1 saturated heterocycles. The summed E-state index contributed by atoms with van der Waals surface area (Å²) < 4.78 is 79.1. The number of anilines is 1. The number of carbonyl (C=O) groups is 1. The number of hydrogen-bond acceptors (Lipinski definition) is 7. The van der Waals surface area contributed by atoms with Gasteiger partial charge < -0.3 is 14.7 Å². The molecule has 2 aliphatic rings. The lowest BCUT2D eigenvalue weighted by molar-refractivity contribution is -0.199. The van der Waals surface area contributed by atoms with E-state index in [1.165, 1.54) is 18.2 Å². The minimum absolute atomic E-state index is 0.0271. The number of carbonyl (C=O) groups excluding carboxylic acids is 1. The molecule has 1 atom stereocenters. The third-order valence-corrected chi connectivity index (χ3v) is 7.83. The summed E-state index contributed by atoms with van der Waals surface area (Å²) in [6.07, 6.45) is -2.87. The smallest absolute Gasteiger partial charge is 0.493 e. The molecule has 0 amide bonds. The van der Waals surface area contributed by atoms with Crippen molar-refractivity contribution in [1.82, 2.24) is 5.32 Å². The Balaban J connectivity index is 2.07. The molecule has 0 aromatic heterocycles. The Morgan fingerprint density at radius 1 is 1.24 bits per heavy atom. The SMILES string of the molecule is CC(C)(C)[S+]([O-])N=C1c2ccc(N(OC(=O)C(F)(F)F)S(C)(=O)=O)cc2CC12CCNCC2. The Labute approximate surface area is 193 Å². The summed E-state index contributed by atoms with van der Waals surface area (Å²) in [4.78, 5) is 15.5. The van der Waals surface area contributed by atoms with E-state index in [0.717, 1.165) is 0 Å². The average molecular weight is 510 g/mol. The van der Waals surface area contributed by atoms with Gasteiger partial charge in [-0.1, -0.05) is 14.9 Å². The summed E-state index contributed by atoms with van der Waals surface area (Å²) >= 11 is -1.54. The minimum Gasteiger partial charge on any atom is -0.591 e. The highest BCUT2D eigenvalue weighted by Crippen LogP contribution is 2.46. The van der Waals surface area contributed by atoms with E-state index in [1.807, 2.05) is 0 Å². The number of hydrogen-bond donors (Lipinski definition) is 1. The Morgan fingerprint density at radius 2 is 1.85 bits per heavy atom. The van der Waals surface area contributed by atoms with E-state index >= 15 is 0 Å². The molecular weight excluding hydrogens is 483 g/mol. The summed E-state index contributed by atoms with van der Waals surface area (Å²) in [5.41, 5.74) is 1.28. The highest BCUT2D eigenvalue weighted by Gasteiger charge is 2.47. The van der Waals surface area contributed by atoms with Crippen molar-refractivity contribution < 1.29 is 35.8 Å². The molecule has 1 aliphatic heterocycles. The lowest BCUT2D eigenvalue weighted by Crippen LogP contribution is -2.41. The van der Waals surface area contributed by atoms with Crippen molar-refractivity contribution in [2.45, 2.75) is 51.0 Å². The van der Waals surface area contributed by atoms with Crippen LogP contribution in [0.4, 0.5) is 18.9 Å². The standard InChI is InChI=1S/C20H26F3N3O5S2/c1-18(2,3)32(28)25-16-15-6-5-14(11-13(15)12-19(16)7-9-24-10-8-19)26(33(4,29)30)31-17(27)20(21,22)23/h5-6,11,24H,7-10,12H2,1-4H3. The Bertz CT molecular complexity index is 1060. The normalized spacial score (nSPS) is 20.5. The van der Waals surface area contributed by atoms with Gasteiger partial charge in [0, 0.05) is 11.0 Å². The van der Waals surface area contributed by atoms with Crippen LogP contribution in [0.1, 0.15) is 44.7 Å². The molecule has 184 valence electrons. The van der Waals surface area contributed by atoms with Gasteiger partial charge in [0.1, 0.15) is 21.8 Å². The second-order valence-electron chi connectivity index (χ2n) is 9.22. The van der Waals surface area contributed by atoms with Crippen LogP contribution in [0.5, 0.6) is 0 Å². The van der Waals surface area contributed by atoms with Gasteiger partial charge in [-0.05, 0) is 70.8 Å². The van der Waals surface area contributed by atoms with E-state index in [0.29, 0.717) is 55.4 Å². The predicted molar refractivity (Wildman–Crippen MR) is 119 cm³/mol. The topological polar surface area (TPSA) is 111 Å². The molecule has 1 aromatic rings. The van der Waals surface area contributed by atoms with E-state index in [2.05, 4.69) is 14.6 Å². The molecule has 1 heterocycles. The summed E-state index contributed by atoms with van der Waals surface area (Å²) in [5, 5.41) is 3.27. The van der Waals surface area contributed by atoms with Crippen molar-refractivity contribution in [1.29, 1.82) is 0 Å². The Morgan fingerprint density at radius 3 is 2.36 bits per heavy atom. The number of alkyl halides is 3. The molecule has 1 unspecified atom stereocenters. The van der Waals surface area contributed by atoms with Crippen LogP contribution in [0, 0.1) is 5.41 Å². The number of fused-ring (bicyclic) bond motifs is 1. The maximum Gasteiger partial charge on any atom is 0.493 e. The van der Waals surface area contributed by atoms with Crippen LogP contribution in [0.2, 0.25) is 0 Å². The molecule has 1 aromatic carbocycles. The van der Waals surface area contributed by atoms with Crippen molar-refractivity contribution in [3.8, 4) is 0 Å². The third-order valence-electron chi connectivity index (χ3n) is 5.54. The van der Waals surface area contributed by atoms with E-state index in [9.17, 15) is 30.9 Å². The van der Waals surface area contributed by atoms with Crippen LogP contribution in [0.15, 0.2) is 22.6 Å². The Kier molecular flexibility index (Phi) is 6.84. The van der Waals surface area contributed by atoms with Gasteiger partial charge in [0.2, 0.25) is 0 Å². The van der Waals surface area contributed by atoms with Crippen LogP contribution < -0.4 is 9.79 Å². The minimum atomic E-state index is -5.37. The molecule has 1 aliphatic carbocycles. The van der Waals surface area contributed by atoms with Crippen molar-refractivity contribution >= 4 is 38.8 Å². The van der Waals surface area contributed by atoms with Gasteiger partial charge in [-0.25, -0.2) is 13.2 Å². The lowest BCUT2D eigenvalue weighted by Gasteiger charge is -2.34. The van der Waals surface area contributed by atoms with Crippen LogP contribution in [-0.4, -0.2) is 54.9 Å². The van der Waals surface area contributed by atoms with Crippen LogP contribution in [0.3, 0.4) is 0 Å². The molecule has 8 nitrogen and oxygen atoms in total. The van der Waals surface area contributed by atoms with Gasteiger partial charge in [-0.2, -0.15) is 13.2 Å². The highest BCUT2D eigenvalue weighted by molar-refractivity contribution is 7.92. The van der Waals surface area contributed by atoms with Gasteiger partial charge in [0.25, 0.3) is 10.0 Å². The van der Waals surface area contributed by atoms with E-state index < -0.39 is 43.7 Å². The van der Waals surface area contributed by atoms with Gasteiger partial charge in [-0.3, -0.25) is 0 Å².